The van der Waals surface area contributed by atoms with Crippen LogP contribution in [0.2, 0.25) is 0 Å². The first-order valence-corrected chi connectivity index (χ1v) is 5.13. The van der Waals surface area contributed by atoms with Gasteiger partial charge in [0.25, 0.3) is 0 Å². The largest absolute Gasteiger partial charge is 0.479 e. The van der Waals surface area contributed by atoms with Crippen molar-refractivity contribution < 1.29 is 14.3 Å². The second-order valence-electron chi connectivity index (χ2n) is 2.52. The molecule has 1 heterocycles. The van der Waals surface area contributed by atoms with E-state index in [1.165, 1.54) is 7.11 Å². The molecule has 0 aromatic carbocycles. The summed E-state index contributed by atoms with van der Waals surface area (Å²) >= 11 is 2.02. The quantitative estimate of drug-likeness (QED) is 0.622. The standard InChI is InChI=1S/C8H11IN2O3/c1-4-14-8(12)5-6(9)11(2)10-7(5)13-3/h4H2,1-3H3. The van der Waals surface area contributed by atoms with Crippen molar-refractivity contribution in [3.8, 4) is 5.88 Å². The third-order valence-corrected chi connectivity index (χ3v) is 2.86. The van der Waals surface area contributed by atoms with E-state index in [-0.39, 0.29) is 0 Å². The van der Waals surface area contributed by atoms with Gasteiger partial charge in [0.15, 0.2) is 5.56 Å². The number of nitrogens with zero attached hydrogens (tertiary/aromatic N) is 2. The number of aryl methyl sites for hydroxylation is 1. The molecule has 0 radical (unpaired) electrons. The average molecular weight is 310 g/mol. The molecule has 0 aliphatic rings. The summed E-state index contributed by atoms with van der Waals surface area (Å²) < 4.78 is 12.1. The number of carbonyl (C=O) groups excluding carboxylic acids is 1. The van der Waals surface area contributed by atoms with E-state index in [4.69, 9.17) is 9.47 Å². The topological polar surface area (TPSA) is 53.4 Å². The second-order valence-corrected chi connectivity index (χ2v) is 3.54. The maximum absolute atomic E-state index is 11.5. The number of rotatable bonds is 3. The highest BCUT2D eigenvalue weighted by Crippen LogP contribution is 2.22. The van der Waals surface area contributed by atoms with E-state index in [1.807, 2.05) is 22.6 Å². The number of hydrogen-bond donors (Lipinski definition) is 0. The number of ether oxygens (including phenoxy) is 2. The number of halogens is 1. The highest BCUT2D eigenvalue weighted by molar-refractivity contribution is 14.1. The van der Waals surface area contributed by atoms with Gasteiger partial charge in [-0.2, -0.15) is 0 Å². The lowest BCUT2D eigenvalue weighted by Crippen LogP contribution is -2.07. The monoisotopic (exact) mass is 310 g/mol. The Morgan fingerprint density at radius 1 is 1.64 bits per heavy atom. The summed E-state index contributed by atoms with van der Waals surface area (Å²) in [5, 5.41) is 4.02. The number of hydrogen-bond acceptors (Lipinski definition) is 4. The minimum absolute atomic E-state index is 0.301. The zero-order valence-electron chi connectivity index (χ0n) is 8.20. The van der Waals surface area contributed by atoms with Crippen LogP contribution in [-0.4, -0.2) is 29.5 Å². The summed E-state index contributed by atoms with van der Waals surface area (Å²) in [6, 6.07) is 0. The maximum Gasteiger partial charge on any atom is 0.346 e. The van der Waals surface area contributed by atoms with E-state index in [0.717, 1.165) is 0 Å². The van der Waals surface area contributed by atoms with Gasteiger partial charge >= 0.3 is 5.97 Å². The molecule has 5 nitrogen and oxygen atoms in total. The van der Waals surface area contributed by atoms with E-state index >= 15 is 0 Å². The Hall–Kier alpha value is -0.790. The van der Waals surface area contributed by atoms with Gasteiger partial charge in [0.2, 0.25) is 5.88 Å². The second kappa shape index (κ2) is 4.63. The molecule has 0 unspecified atom stereocenters. The first-order valence-electron chi connectivity index (χ1n) is 4.05. The van der Waals surface area contributed by atoms with Gasteiger partial charge < -0.3 is 9.47 Å². The fourth-order valence-electron chi connectivity index (χ4n) is 0.998. The molecule has 0 bridgehead atoms. The van der Waals surface area contributed by atoms with Crippen LogP contribution < -0.4 is 4.74 Å². The molecule has 0 aliphatic heterocycles. The lowest BCUT2D eigenvalue weighted by molar-refractivity contribution is 0.0521. The molecule has 0 aliphatic carbocycles. The van der Waals surface area contributed by atoms with Crippen LogP contribution in [0.1, 0.15) is 17.3 Å². The SMILES string of the molecule is CCOC(=O)c1c(OC)nn(C)c1I. The zero-order chi connectivity index (χ0) is 10.7. The summed E-state index contributed by atoms with van der Waals surface area (Å²) in [4.78, 5) is 11.5. The molecule has 0 N–H and O–H groups in total. The van der Waals surface area contributed by atoms with Crippen molar-refractivity contribution in [2.24, 2.45) is 7.05 Å². The highest BCUT2D eigenvalue weighted by atomic mass is 127. The van der Waals surface area contributed by atoms with Crippen molar-refractivity contribution in [1.82, 2.24) is 9.78 Å². The highest BCUT2D eigenvalue weighted by Gasteiger charge is 2.22. The lowest BCUT2D eigenvalue weighted by atomic mass is 10.3. The molecule has 0 fully saturated rings. The third kappa shape index (κ3) is 1.99. The predicted molar refractivity (Wildman–Crippen MR) is 58.4 cm³/mol. The maximum atomic E-state index is 11.5. The van der Waals surface area contributed by atoms with E-state index < -0.39 is 5.97 Å². The van der Waals surface area contributed by atoms with Crippen LogP contribution in [0.15, 0.2) is 0 Å². The van der Waals surface area contributed by atoms with Crippen LogP contribution in [0.25, 0.3) is 0 Å². The van der Waals surface area contributed by atoms with Crippen molar-refractivity contribution in [3.05, 3.63) is 9.26 Å². The number of aromatic nitrogens is 2. The van der Waals surface area contributed by atoms with Crippen LogP contribution >= 0.6 is 22.6 Å². The normalized spacial score (nSPS) is 10.0. The van der Waals surface area contributed by atoms with Crippen LogP contribution in [-0.2, 0) is 11.8 Å². The van der Waals surface area contributed by atoms with E-state index in [2.05, 4.69) is 5.10 Å². The van der Waals surface area contributed by atoms with Gasteiger partial charge in [-0.3, -0.25) is 4.68 Å². The molecule has 14 heavy (non-hydrogen) atoms. The summed E-state index contributed by atoms with van der Waals surface area (Å²) in [5.74, 6) is -0.0998. The Bertz CT molecular complexity index is 349. The van der Waals surface area contributed by atoms with Gasteiger partial charge in [0.1, 0.15) is 3.70 Å². The van der Waals surface area contributed by atoms with Gasteiger partial charge in [-0.05, 0) is 29.5 Å². The van der Waals surface area contributed by atoms with Crippen LogP contribution in [0, 0.1) is 3.70 Å². The van der Waals surface area contributed by atoms with Gasteiger partial charge in [-0.25, -0.2) is 4.79 Å². The Labute approximate surface area is 95.5 Å². The fraction of sp³-hybridized carbons (Fsp3) is 0.500. The molecule has 78 valence electrons. The molecule has 0 atom stereocenters. The molecule has 6 heteroatoms. The predicted octanol–water partition coefficient (Wildman–Crippen LogP) is 1.21. The Balaban J connectivity index is 3.10. The van der Waals surface area contributed by atoms with Gasteiger partial charge in [-0.15, -0.1) is 5.10 Å². The minimum Gasteiger partial charge on any atom is -0.479 e. The van der Waals surface area contributed by atoms with Crippen molar-refractivity contribution in [1.29, 1.82) is 0 Å². The first-order chi connectivity index (χ1) is 6.61. The Kier molecular flexibility index (Phi) is 3.73. The molecule has 1 aromatic heterocycles. The first kappa shape index (κ1) is 11.3. The molecule has 1 aromatic rings. The van der Waals surface area contributed by atoms with Crippen molar-refractivity contribution >= 4 is 28.6 Å². The van der Waals surface area contributed by atoms with Crippen molar-refractivity contribution in [2.75, 3.05) is 13.7 Å². The lowest BCUT2D eigenvalue weighted by Gasteiger charge is -2.01. The Morgan fingerprint density at radius 3 is 2.79 bits per heavy atom. The van der Waals surface area contributed by atoms with E-state index in [9.17, 15) is 4.79 Å². The van der Waals surface area contributed by atoms with Crippen molar-refractivity contribution in [3.63, 3.8) is 0 Å². The smallest absolute Gasteiger partial charge is 0.346 e. The molecule has 0 spiro atoms. The van der Waals surface area contributed by atoms with Crippen LogP contribution in [0.3, 0.4) is 0 Å². The molecule has 0 amide bonds. The molecular weight excluding hydrogens is 299 g/mol. The van der Waals surface area contributed by atoms with Crippen molar-refractivity contribution in [2.45, 2.75) is 6.92 Å². The fourth-order valence-corrected chi connectivity index (χ4v) is 1.56. The average Bonchev–Trinajstić information content (AvgIpc) is 2.43. The van der Waals surface area contributed by atoms with Crippen LogP contribution in [0.5, 0.6) is 5.88 Å². The molecule has 0 saturated carbocycles. The molecular formula is C8H11IN2O3. The third-order valence-electron chi connectivity index (χ3n) is 1.62. The van der Waals surface area contributed by atoms with Gasteiger partial charge in [0, 0.05) is 7.05 Å². The number of methoxy groups -OCH3 is 1. The van der Waals surface area contributed by atoms with E-state index in [0.29, 0.717) is 21.8 Å². The summed E-state index contributed by atoms with van der Waals surface area (Å²) in [7, 11) is 3.22. The Morgan fingerprint density at radius 2 is 2.29 bits per heavy atom. The van der Waals surface area contributed by atoms with Gasteiger partial charge in [0.05, 0.1) is 13.7 Å². The summed E-state index contributed by atoms with van der Waals surface area (Å²) in [6.07, 6.45) is 0. The molecule has 0 saturated heterocycles. The summed E-state index contributed by atoms with van der Waals surface area (Å²) in [5.41, 5.74) is 0.387. The van der Waals surface area contributed by atoms with Crippen LogP contribution in [0.4, 0.5) is 0 Å². The van der Waals surface area contributed by atoms with E-state index in [1.54, 1.807) is 18.7 Å². The van der Waals surface area contributed by atoms with Gasteiger partial charge in [-0.1, -0.05) is 0 Å². The minimum atomic E-state index is -0.401. The number of esters is 1. The summed E-state index contributed by atoms with van der Waals surface area (Å²) in [6.45, 7) is 2.10. The molecule has 1 rings (SSSR count). The zero-order valence-corrected chi connectivity index (χ0v) is 10.4. The number of carbonyl (C=O) groups is 1.